The fourth-order valence-electron chi connectivity index (χ4n) is 4.08. The van der Waals surface area contributed by atoms with Crippen LogP contribution in [0.3, 0.4) is 0 Å². The van der Waals surface area contributed by atoms with Crippen molar-refractivity contribution in [2.45, 2.75) is 78.1 Å². The summed E-state index contributed by atoms with van der Waals surface area (Å²) in [5, 5.41) is 48.2. The molecule has 7 N–H and O–H groups in total. The number of unbranched alkanes of at least 4 members (excludes halogenated alkanes) is 3. The molecule has 0 aliphatic heterocycles. The highest BCUT2D eigenvalue weighted by Gasteiger charge is 2.15. The summed E-state index contributed by atoms with van der Waals surface area (Å²) >= 11 is 0. The smallest absolute Gasteiger partial charge is 0.246 e. The Labute approximate surface area is 309 Å². The first-order chi connectivity index (χ1) is 25.3. The lowest BCUT2D eigenvalue weighted by atomic mass is 10.1. The molecule has 21 nitrogen and oxygen atoms in total. The normalized spacial score (nSPS) is 10.7. The van der Waals surface area contributed by atoms with Crippen molar-refractivity contribution < 1.29 is 68.6 Å². The average Bonchev–Trinajstić information content (AvgIpc) is 3.13. The molecule has 0 bridgehead atoms. The van der Waals surface area contributed by atoms with Crippen LogP contribution in [0, 0.1) is 0 Å². The zero-order valence-electron chi connectivity index (χ0n) is 30.9. The van der Waals surface area contributed by atoms with Crippen molar-refractivity contribution >= 4 is 41.4 Å². The molecule has 0 aromatic heterocycles. The lowest BCUT2D eigenvalue weighted by Gasteiger charge is -2.16. The van der Waals surface area contributed by atoms with Crippen molar-refractivity contribution in [2.75, 3.05) is 85.5 Å². The Morgan fingerprint density at radius 3 is 1.25 bits per heavy atom. The first-order valence-electron chi connectivity index (χ1n) is 17.8. The van der Waals surface area contributed by atoms with E-state index in [1.54, 1.807) is 0 Å². The minimum Gasteiger partial charge on any atom is -0.378 e. The van der Waals surface area contributed by atoms with Gasteiger partial charge >= 0.3 is 0 Å². The largest absolute Gasteiger partial charge is 0.378 e. The second-order valence-corrected chi connectivity index (χ2v) is 11.6. The molecule has 0 aliphatic rings. The van der Waals surface area contributed by atoms with Crippen LogP contribution < -0.4 is 16.0 Å². The summed E-state index contributed by atoms with van der Waals surface area (Å²) in [6.45, 7) is 3.47. The lowest BCUT2D eigenvalue weighted by molar-refractivity contribution is -0.168. The number of hydrogen-bond donors (Lipinski definition) is 7. The van der Waals surface area contributed by atoms with E-state index < -0.39 is 35.4 Å². The number of rotatable bonds is 32. The molecule has 0 aromatic rings. The number of nitrogens with one attached hydrogen (secondary N) is 3. The molecule has 0 radical (unpaired) electrons. The first kappa shape index (κ1) is 49.0. The van der Waals surface area contributed by atoms with Crippen LogP contribution in [-0.4, -0.2) is 168 Å². The topological polar surface area (TPSA) is 277 Å². The van der Waals surface area contributed by atoms with Crippen molar-refractivity contribution in [2.24, 2.45) is 0 Å². The maximum Gasteiger partial charge on any atom is 0.246 e. The quantitative estimate of drug-likeness (QED) is 0.0251. The van der Waals surface area contributed by atoms with Crippen LogP contribution >= 0.6 is 0 Å². The van der Waals surface area contributed by atoms with E-state index in [2.05, 4.69) is 22.9 Å². The monoisotopic (exact) mass is 765 g/mol. The fraction of sp³-hybridized carbons (Fsp3) is 0.781. The average molecular weight is 766 g/mol. The number of amides is 7. The predicted octanol–water partition coefficient (Wildman–Crippen LogP) is -0.803. The molecule has 0 aromatic carbocycles. The molecule has 0 atom stereocenters. The molecule has 21 heteroatoms. The number of hydrogen-bond acceptors (Lipinski definition) is 14. The number of nitrogens with zero attached hydrogens (tertiary/aromatic N) is 4. The van der Waals surface area contributed by atoms with Gasteiger partial charge in [-0.1, -0.05) is 26.2 Å². The Bertz CT molecular complexity index is 1100. The number of carbonyl (C=O) groups is 7. The minimum absolute atomic E-state index is 0.0117. The van der Waals surface area contributed by atoms with Gasteiger partial charge in [-0.2, -0.15) is 0 Å². The third-order valence-corrected chi connectivity index (χ3v) is 7.20. The summed E-state index contributed by atoms with van der Waals surface area (Å²) in [6, 6.07) is 0. The van der Waals surface area contributed by atoms with Crippen LogP contribution in [-0.2, 0) is 47.8 Å². The van der Waals surface area contributed by atoms with E-state index in [-0.39, 0.29) is 130 Å². The van der Waals surface area contributed by atoms with E-state index in [0.29, 0.717) is 26.7 Å². The molecule has 0 aliphatic carbocycles. The Hall–Kier alpha value is -3.99. The molecule has 53 heavy (non-hydrogen) atoms. The van der Waals surface area contributed by atoms with Gasteiger partial charge < -0.3 is 30.2 Å². The van der Waals surface area contributed by atoms with E-state index >= 15 is 0 Å². The predicted molar refractivity (Wildman–Crippen MR) is 183 cm³/mol. The van der Waals surface area contributed by atoms with E-state index in [0.717, 1.165) is 19.3 Å². The van der Waals surface area contributed by atoms with Gasteiger partial charge in [0.05, 0.1) is 65.8 Å². The number of hydroxylamine groups is 8. The summed E-state index contributed by atoms with van der Waals surface area (Å²) in [4.78, 5) is 82.5. The molecular weight excluding hydrogens is 706 g/mol. The van der Waals surface area contributed by atoms with E-state index in [9.17, 15) is 54.4 Å². The van der Waals surface area contributed by atoms with Crippen molar-refractivity contribution in [3.63, 3.8) is 0 Å². The summed E-state index contributed by atoms with van der Waals surface area (Å²) in [5.74, 6) is -3.60. The van der Waals surface area contributed by atoms with Crippen molar-refractivity contribution in [1.29, 1.82) is 0 Å². The third kappa shape index (κ3) is 28.2. The lowest BCUT2D eigenvalue weighted by Crippen LogP contribution is -2.35. The molecule has 7 amide bonds. The zero-order valence-corrected chi connectivity index (χ0v) is 30.9. The number of carbonyl (C=O) groups excluding carboxylic acids is 7. The molecule has 306 valence electrons. The van der Waals surface area contributed by atoms with Gasteiger partial charge in [0.1, 0.15) is 0 Å². The van der Waals surface area contributed by atoms with Crippen LogP contribution in [0.5, 0.6) is 0 Å². The molecule has 0 rings (SSSR count). The van der Waals surface area contributed by atoms with Crippen LogP contribution in [0.15, 0.2) is 0 Å². The zero-order chi connectivity index (χ0) is 39.9. The Kier molecular flexibility index (Phi) is 29.2. The van der Waals surface area contributed by atoms with Crippen LogP contribution in [0.2, 0.25) is 0 Å². The van der Waals surface area contributed by atoms with Crippen molar-refractivity contribution in [1.82, 2.24) is 36.2 Å². The number of ether oxygens (including phenoxy) is 3. The summed E-state index contributed by atoms with van der Waals surface area (Å²) in [6.07, 6.45) is 2.93. The van der Waals surface area contributed by atoms with E-state index in [4.69, 9.17) is 14.2 Å². The molecule has 0 spiro atoms. The van der Waals surface area contributed by atoms with E-state index in [1.165, 1.54) is 6.92 Å². The molecule has 0 saturated heterocycles. The SMILES string of the molecule is CCCCCCC(=O)N(O)CCC(=O)NCCOCCN(O)C(=O)CCC(=O)NCCOCCN(O)C(=O)CCC(=O)NCCOCCN(O)C(C)=O. The Morgan fingerprint density at radius 2 is 0.830 bits per heavy atom. The Morgan fingerprint density at radius 1 is 0.453 bits per heavy atom. The highest BCUT2D eigenvalue weighted by molar-refractivity contribution is 5.84. The van der Waals surface area contributed by atoms with Gasteiger partial charge in [-0.05, 0) is 6.42 Å². The van der Waals surface area contributed by atoms with E-state index in [1.807, 2.05) is 0 Å². The van der Waals surface area contributed by atoms with Gasteiger partial charge in [-0.25, -0.2) is 20.3 Å². The molecule has 0 saturated carbocycles. The minimum atomic E-state index is -0.696. The van der Waals surface area contributed by atoms with Gasteiger partial charge in [0, 0.05) is 65.1 Å². The maximum atomic E-state index is 12.1. The molecule has 0 fully saturated rings. The van der Waals surface area contributed by atoms with Gasteiger partial charge in [0.2, 0.25) is 41.4 Å². The molecular formula is C32H59N7O14. The maximum absolute atomic E-state index is 12.1. The first-order valence-corrected chi connectivity index (χ1v) is 17.8. The van der Waals surface area contributed by atoms with Crippen LogP contribution in [0.25, 0.3) is 0 Å². The van der Waals surface area contributed by atoms with Gasteiger partial charge in [0.25, 0.3) is 0 Å². The fourth-order valence-corrected chi connectivity index (χ4v) is 4.08. The Balaban J connectivity index is 3.81. The van der Waals surface area contributed by atoms with Crippen LogP contribution in [0.4, 0.5) is 0 Å². The third-order valence-electron chi connectivity index (χ3n) is 7.20. The van der Waals surface area contributed by atoms with Gasteiger partial charge in [-0.15, -0.1) is 0 Å². The summed E-state index contributed by atoms with van der Waals surface area (Å²) in [7, 11) is 0. The highest BCUT2D eigenvalue weighted by Crippen LogP contribution is 2.05. The standard InChI is InChI=1S/C32H59N7O14/c1-3-4-5-6-7-30(44)37(48)16-12-29(43)35-15-22-53-25-19-39(50)32(46)11-9-28(42)34-14-21-52-24-18-38(49)31(45)10-8-27(41)33-13-20-51-23-17-36(47)26(2)40/h47-50H,3-25H2,1-2H3,(H,33,41)(H,34,42)(H,35,43). The van der Waals surface area contributed by atoms with Gasteiger partial charge in [-0.3, -0.25) is 54.4 Å². The van der Waals surface area contributed by atoms with Gasteiger partial charge in [0.15, 0.2) is 0 Å². The van der Waals surface area contributed by atoms with Crippen molar-refractivity contribution in [3.8, 4) is 0 Å². The molecule has 0 unspecified atom stereocenters. The summed E-state index contributed by atoms with van der Waals surface area (Å²) in [5.41, 5.74) is 0. The van der Waals surface area contributed by atoms with Crippen LogP contribution in [0.1, 0.15) is 78.1 Å². The second kappa shape index (κ2) is 31.5. The highest BCUT2D eigenvalue weighted by atomic mass is 16.5. The summed E-state index contributed by atoms with van der Waals surface area (Å²) < 4.78 is 15.7. The second-order valence-electron chi connectivity index (χ2n) is 11.6. The van der Waals surface area contributed by atoms with Crippen molar-refractivity contribution in [3.05, 3.63) is 0 Å². The molecule has 0 heterocycles.